The van der Waals surface area contributed by atoms with Crippen LogP contribution in [0.4, 0.5) is 0 Å². The zero-order chi connectivity index (χ0) is 18.2. The number of H-pyrrole nitrogens is 1. The van der Waals surface area contributed by atoms with Crippen LogP contribution in [0.3, 0.4) is 0 Å². The van der Waals surface area contributed by atoms with Gasteiger partial charge in [-0.15, -0.1) is 0 Å². The van der Waals surface area contributed by atoms with E-state index in [1.165, 1.54) is 0 Å². The number of carbonyl (C=O) groups is 1. The van der Waals surface area contributed by atoms with Crippen molar-refractivity contribution in [1.82, 2.24) is 4.98 Å². The maximum atomic E-state index is 11.5. The molecular weight excluding hydrogens is 385 g/mol. The summed E-state index contributed by atoms with van der Waals surface area (Å²) < 4.78 is 6.02. The number of rotatable bonds is 5. The van der Waals surface area contributed by atoms with Crippen LogP contribution in [-0.4, -0.2) is 22.7 Å². The SMILES string of the molecule is C/C=C/CCC1(CC(=O)O)OCCc2c1[nH]c1c(Cl)cc(Cl)c(Cl)c21. The number of halogens is 3. The van der Waals surface area contributed by atoms with Crippen molar-refractivity contribution in [2.45, 2.75) is 38.2 Å². The van der Waals surface area contributed by atoms with Gasteiger partial charge in [0.05, 0.1) is 39.3 Å². The minimum absolute atomic E-state index is 0.132. The molecule has 25 heavy (non-hydrogen) atoms. The molecule has 1 aromatic heterocycles. The molecule has 2 aromatic rings. The maximum absolute atomic E-state index is 11.5. The molecule has 2 N–H and O–H groups in total. The molecule has 1 aliphatic rings. The van der Waals surface area contributed by atoms with Crippen LogP contribution < -0.4 is 0 Å². The molecule has 0 saturated carbocycles. The smallest absolute Gasteiger partial charge is 0.306 e. The number of hydrogen-bond donors (Lipinski definition) is 2. The van der Waals surface area contributed by atoms with Crippen molar-refractivity contribution in [2.75, 3.05) is 6.61 Å². The summed E-state index contributed by atoms with van der Waals surface area (Å²) >= 11 is 18.9. The summed E-state index contributed by atoms with van der Waals surface area (Å²) in [6.45, 7) is 2.35. The maximum Gasteiger partial charge on any atom is 0.306 e. The Morgan fingerprint density at radius 3 is 2.84 bits per heavy atom. The number of benzene rings is 1. The third-order valence-electron chi connectivity index (χ3n) is 4.60. The third kappa shape index (κ3) is 3.28. The highest BCUT2D eigenvalue weighted by Crippen LogP contribution is 2.46. The lowest BCUT2D eigenvalue weighted by molar-refractivity contribution is -0.149. The molecule has 4 nitrogen and oxygen atoms in total. The summed E-state index contributed by atoms with van der Waals surface area (Å²) in [6, 6.07) is 1.59. The van der Waals surface area contributed by atoms with Crippen LogP contribution in [0.1, 0.15) is 37.4 Å². The van der Waals surface area contributed by atoms with Crippen LogP contribution in [-0.2, 0) is 21.6 Å². The van der Waals surface area contributed by atoms with Crippen molar-refractivity contribution in [1.29, 1.82) is 0 Å². The second-order valence-corrected chi connectivity index (χ2v) is 7.35. The summed E-state index contributed by atoms with van der Waals surface area (Å²) in [7, 11) is 0. The van der Waals surface area contributed by atoms with Crippen LogP contribution in [0.5, 0.6) is 0 Å². The van der Waals surface area contributed by atoms with E-state index in [0.717, 1.165) is 16.6 Å². The van der Waals surface area contributed by atoms with Gasteiger partial charge in [0.25, 0.3) is 0 Å². The minimum Gasteiger partial charge on any atom is -0.481 e. The number of aromatic nitrogens is 1. The Labute approximate surface area is 160 Å². The Bertz CT molecular complexity index is 859. The number of aromatic amines is 1. The molecule has 2 heterocycles. The van der Waals surface area contributed by atoms with Gasteiger partial charge in [-0.1, -0.05) is 47.0 Å². The van der Waals surface area contributed by atoms with E-state index in [1.807, 2.05) is 19.1 Å². The number of ether oxygens (including phenoxy) is 1. The molecule has 1 aliphatic heterocycles. The monoisotopic (exact) mass is 401 g/mol. The lowest BCUT2D eigenvalue weighted by Crippen LogP contribution is -2.37. The zero-order valence-corrected chi connectivity index (χ0v) is 15.9. The molecular formula is C18H18Cl3NO3. The molecule has 0 aliphatic carbocycles. The van der Waals surface area contributed by atoms with Crippen LogP contribution in [0.2, 0.25) is 15.1 Å². The van der Waals surface area contributed by atoms with Gasteiger partial charge in [0, 0.05) is 5.39 Å². The number of allylic oxidation sites excluding steroid dienone is 2. The molecule has 1 atom stereocenters. The molecule has 7 heteroatoms. The summed E-state index contributed by atoms with van der Waals surface area (Å²) in [4.78, 5) is 14.8. The fourth-order valence-corrected chi connectivity index (χ4v) is 4.31. The molecule has 1 unspecified atom stereocenters. The van der Waals surface area contributed by atoms with Gasteiger partial charge in [-0.25, -0.2) is 0 Å². The van der Waals surface area contributed by atoms with E-state index in [2.05, 4.69) is 4.98 Å². The highest BCUT2D eigenvalue weighted by Gasteiger charge is 2.42. The lowest BCUT2D eigenvalue weighted by atomic mass is 9.84. The molecule has 0 saturated heterocycles. The van der Waals surface area contributed by atoms with Crippen LogP contribution in [0.25, 0.3) is 10.9 Å². The number of carboxylic acid groups (broad SMARTS) is 1. The Morgan fingerprint density at radius 1 is 1.40 bits per heavy atom. The quantitative estimate of drug-likeness (QED) is 0.496. The van der Waals surface area contributed by atoms with E-state index in [9.17, 15) is 9.90 Å². The Hall–Kier alpha value is -1.20. The zero-order valence-electron chi connectivity index (χ0n) is 13.7. The highest BCUT2D eigenvalue weighted by atomic mass is 35.5. The third-order valence-corrected chi connectivity index (χ3v) is 5.68. The Kier molecular flexibility index (Phi) is 5.35. The number of fused-ring (bicyclic) bond motifs is 3. The topological polar surface area (TPSA) is 62.3 Å². The van der Waals surface area contributed by atoms with Crippen molar-refractivity contribution in [3.63, 3.8) is 0 Å². The summed E-state index contributed by atoms with van der Waals surface area (Å²) in [5.41, 5.74) is 1.42. The van der Waals surface area contributed by atoms with Gasteiger partial charge >= 0.3 is 5.97 Å². The van der Waals surface area contributed by atoms with E-state index >= 15 is 0 Å². The first-order chi connectivity index (χ1) is 11.9. The van der Waals surface area contributed by atoms with Crippen molar-refractivity contribution in [2.24, 2.45) is 0 Å². The Morgan fingerprint density at radius 2 is 2.16 bits per heavy atom. The van der Waals surface area contributed by atoms with E-state index < -0.39 is 11.6 Å². The summed E-state index contributed by atoms with van der Waals surface area (Å²) in [5, 5.41) is 11.5. The van der Waals surface area contributed by atoms with Crippen LogP contribution in [0.15, 0.2) is 18.2 Å². The van der Waals surface area contributed by atoms with E-state index in [4.69, 9.17) is 39.5 Å². The fourth-order valence-electron chi connectivity index (χ4n) is 3.54. The fraction of sp³-hybridized carbons (Fsp3) is 0.389. The van der Waals surface area contributed by atoms with Crippen molar-refractivity contribution in [3.05, 3.63) is 44.5 Å². The van der Waals surface area contributed by atoms with Gasteiger partial charge in [-0.2, -0.15) is 0 Å². The highest BCUT2D eigenvalue weighted by molar-refractivity contribution is 6.48. The molecule has 3 rings (SSSR count). The molecule has 0 radical (unpaired) electrons. The molecule has 1 aromatic carbocycles. The average molecular weight is 403 g/mol. The van der Waals surface area contributed by atoms with Gasteiger partial charge in [-0.05, 0) is 37.8 Å². The first kappa shape index (κ1) is 18.6. The molecule has 0 spiro atoms. The summed E-state index contributed by atoms with van der Waals surface area (Å²) in [5.74, 6) is -0.915. The normalized spacial score (nSPS) is 20.3. The van der Waals surface area contributed by atoms with Gasteiger partial charge in [0.1, 0.15) is 5.60 Å². The van der Waals surface area contributed by atoms with E-state index in [1.54, 1.807) is 6.07 Å². The predicted molar refractivity (Wildman–Crippen MR) is 101 cm³/mol. The second kappa shape index (κ2) is 7.20. The first-order valence-corrected chi connectivity index (χ1v) is 9.18. The second-order valence-electron chi connectivity index (χ2n) is 6.15. The van der Waals surface area contributed by atoms with Gasteiger partial charge in [-0.3, -0.25) is 4.79 Å². The van der Waals surface area contributed by atoms with Gasteiger partial charge in [0.15, 0.2) is 0 Å². The van der Waals surface area contributed by atoms with Crippen LogP contribution >= 0.6 is 34.8 Å². The molecule has 0 fully saturated rings. The molecule has 134 valence electrons. The largest absolute Gasteiger partial charge is 0.481 e. The van der Waals surface area contributed by atoms with Crippen molar-refractivity contribution >= 4 is 51.7 Å². The van der Waals surface area contributed by atoms with Gasteiger partial charge in [0.2, 0.25) is 0 Å². The number of aliphatic carboxylic acids is 1. The van der Waals surface area contributed by atoms with Crippen molar-refractivity contribution in [3.8, 4) is 0 Å². The van der Waals surface area contributed by atoms with Crippen LogP contribution in [0, 0.1) is 0 Å². The minimum atomic E-state index is -0.933. The number of hydrogen-bond acceptors (Lipinski definition) is 2. The first-order valence-electron chi connectivity index (χ1n) is 8.05. The van der Waals surface area contributed by atoms with Gasteiger partial charge < -0.3 is 14.8 Å². The van der Waals surface area contributed by atoms with Crippen molar-refractivity contribution < 1.29 is 14.6 Å². The van der Waals surface area contributed by atoms with E-state index in [-0.39, 0.29) is 6.42 Å². The predicted octanol–water partition coefficient (Wildman–Crippen LogP) is 5.73. The number of carboxylic acids is 1. The summed E-state index contributed by atoms with van der Waals surface area (Å²) in [6.07, 6.45) is 5.69. The lowest BCUT2D eigenvalue weighted by Gasteiger charge is -2.36. The molecule has 0 amide bonds. The molecule has 0 bridgehead atoms. The van der Waals surface area contributed by atoms with E-state index in [0.29, 0.717) is 46.5 Å². The Balaban J connectivity index is 2.22. The standard InChI is InChI=1S/C18H18Cl3NO3/c1-2-3-4-6-18(9-13(23)24)17-10(5-7-25-18)14-15(21)11(19)8-12(20)16(14)22-17/h2-3,8,22H,4-7,9H2,1H3,(H,23,24)/b3-2+. The number of nitrogens with one attached hydrogen (secondary N) is 1. The average Bonchev–Trinajstić information content (AvgIpc) is 2.94.